The van der Waals surface area contributed by atoms with Crippen LogP contribution in [0, 0.1) is 0 Å². The van der Waals surface area contributed by atoms with E-state index in [4.69, 9.17) is 4.99 Å². The van der Waals surface area contributed by atoms with E-state index < -0.39 is 0 Å². The second-order valence-corrected chi connectivity index (χ2v) is 10.8. The fourth-order valence-electron chi connectivity index (χ4n) is 6.30. The Labute approximate surface area is 250 Å². The van der Waals surface area contributed by atoms with Crippen molar-refractivity contribution in [3.05, 3.63) is 169 Å². The predicted molar refractivity (Wildman–Crippen MR) is 182 cm³/mol. The largest absolute Gasteiger partial charge is 0.307 e. The minimum absolute atomic E-state index is 0.808. The first kappa shape index (κ1) is 25.1. The van der Waals surface area contributed by atoms with Gasteiger partial charge < -0.3 is 4.57 Å². The average molecular weight is 552 g/mol. The van der Waals surface area contributed by atoms with Crippen LogP contribution in [-0.2, 0) is 6.42 Å². The van der Waals surface area contributed by atoms with Crippen LogP contribution in [0.3, 0.4) is 0 Å². The molecular weight excluding hydrogens is 522 g/mol. The third-order valence-electron chi connectivity index (χ3n) is 8.27. The maximum atomic E-state index is 5.20. The quantitative estimate of drug-likeness (QED) is 0.145. The molecular formula is C40H29N3. The number of rotatable bonds is 6. The van der Waals surface area contributed by atoms with Crippen molar-refractivity contribution in [1.29, 1.82) is 0 Å². The van der Waals surface area contributed by atoms with Crippen molar-refractivity contribution in [3.8, 4) is 5.69 Å². The number of aliphatic imine (C=N–C) groups is 1. The van der Waals surface area contributed by atoms with Crippen LogP contribution >= 0.6 is 0 Å². The molecule has 0 aliphatic heterocycles. The van der Waals surface area contributed by atoms with Gasteiger partial charge in [0.05, 0.1) is 27.8 Å². The standard InChI is InChI=1S/C40H29N3/c1-4-14-29(15-5-1)24-27-36(30-16-6-2-7-17-30)41-28-42-37-22-12-10-20-32(37)34-25-26-35-33-21-11-13-23-38(33)43(40(35)39(34)42)31-18-8-3-9-19-31/h1-23,25-28H,24H2/b36-27-,41-28+. The van der Waals surface area contributed by atoms with Gasteiger partial charge in [0.1, 0.15) is 6.34 Å². The zero-order chi connectivity index (χ0) is 28.6. The molecule has 0 aliphatic carbocycles. The van der Waals surface area contributed by atoms with Crippen molar-refractivity contribution in [2.24, 2.45) is 4.99 Å². The van der Waals surface area contributed by atoms with Gasteiger partial charge >= 0.3 is 0 Å². The van der Waals surface area contributed by atoms with Crippen molar-refractivity contribution in [3.63, 3.8) is 0 Å². The molecule has 0 atom stereocenters. The summed E-state index contributed by atoms with van der Waals surface area (Å²) in [5, 5.41) is 4.89. The van der Waals surface area contributed by atoms with Gasteiger partial charge in [-0.05, 0) is 41.8 Å². The van der Waals surface area contributed by atoms with E-state index in [0.717, 1.165) is 34.4 Å². The molecule has 0 spiro atoms. The fourth-order valence-corrected chi connectivity index (χ4v) is 6.30. The Hall–Kier alpha value is -5.67. The molecule has 0 fully saturated rings. The maximum Gasteiger partial charge on any atom is 0.100 e. The molecule has 0 aliphatic rings. The number of hydrogen-bond acceptors (Lipinski definition) is 1. The zero-order valence-corrected chi connectivity index (χ0v) is 23.6. The van der Waals surface area contributed by atoms with Gasteiger partial charge in [0, 0.05) is 27.2 Å². The molecule has 8 aromatic rings. The SMILES string of the molecule is C(/Cc1ccccc1)=C(/N=C/n1c2ccccc2c2ccc3c4ccccc4n(-c4ccccc4)c3c21)c1ccccc1. The minimum Gasteiger partial charge on any atom is -0.307 e. The number of aromatic nitrogens is 2. The van der Waals surface area contributed by atoms with Gasteiger partial charge in [-0.15, -0.1) is 0 Å². The molecule has 0 N–H and O–H groups in total. The molecule has 204 valence electrons. The van der Waals surface area contributed by atoms with E-state index in [9.17, 15) is 0 Å². The van der Waals surface area contributed by atoms with Crippen molar-refractivity contribution in [1.82, 2.24) is 9.13 Å². The van der Waals surface area contributed by atoms with Gasteiger partial charge in [0.15, 0.2) is 0 Å². The number of nitrogens with zero attached hydrogens (tertiary/aromatic N) is 3. The first-order valence-electron chi connectivity index (χ1n) is 14.7. The molecule has 2 heterocycles. The van der Waals surface area contributed by atoms with Crippen LogP contribution in [0.25, 0.3) is 55.0 Å². The van der Waals surface area contributed by atoms with E-state index in [2.05, 4.69) is 161 Å². The summed E-state index contributed by atoms with van der Waals surface area (Å²) in [6.07, 6.45) is 5.05. The van der Waals surface area contributed by atoms with E-state index in [1.807, 2.05) is 12.4 Å². The summed E-state index contributed by atoms with van der Waals surface area (Å²) >= 11 is 0. The van der Waals surface area contributed by atoms with E-state index >= 15 is 0 Å². The summed E-state index contributed by atoms with van der Waals surface area (Å²) in [5.74, 6) is 0. The number of para-hydroxylation sites is 3. The van der Waals surface area contributed by atoms with Gasteiger partial charge in [-0.1, -0.05) is 133 Å². The summed E-state index contributed by atoms with van der Waals surface area (Å²) in [5.41, 5.74) is 9.11. The van der Waals surface area contributed by atoms with Crippen LogP contribution in [0.1, 0.15) is 11.1 Å². The second-order valence-electron chi connectivity index (χ2n) is 10.8. The molecule has 0 saturated heterocycles. The highest BCUT2D eigenvalue weighted by molar-refractivity contribution is 6.24. The number of hydrogen-bond donors (Lipinski definition) is 0. The van der Waals surface area contributed by atoms with Crippen LogP contribution in [0.4, 0.5) is 0 Å². The van der Waals surface area contributed by atoms with Gasteiger partial charge in [0.2, 0.25) is 0 Å². The van der Waals surface area contributed by atoms with Crippen LogP contribution in [0.5, 0.6) is 0 Å². The Morgan fingerprint density at radius 1 is 0.512 bits per heavy atom. The van der Waals surface area contributed by atoms with E-state index in [-0.39, 0.29) is 0 Å². The Balaban J connectivity index is 1.42. The lowest BCUT2D eigenvalue weighted by atomic mass is 10.1. The highest BCUT2D eigenvalue weighted by atomic mass is 15.1. The van der Waals surface area contributed by atoms with Crippen molar-refractivity contribution in [2.75, 3.05) is 0 Å². The van der Waals surface area contributed by atoms with Crippen LogP contribution in [0.15, 0.2) is 163 Å². The molecule has 3 nitrogen and oxygen atoms in total. The molecule has 0 amide bonds. The van der Waals surface area contributed by atoms with Crippen LogP contribution in [0.2, 0.25) is 0 Å². The smallest absolute Gasteiger partial charge is 0.100 e. The lowest BCUT2D eigenvalue weighted by Crippen LogP contribution is -2.00. The predicted octanol–water partition coefficient (Wildman–Crippen LogP) is 10.1. The molecule has 0 radical (unpaired) electrons. The molecule has 3 heteroatoms. The highest BCUT2D eigenvalue weighted by Gasteiger charge is 2.19. The Bertz CT molecular complexity index is 2290. The summed E-state index contributed by atoms with van der Waals surface area (Å²) in [6.45, 7) is 0. The molecule has 0 saturated carbocycles. The topological polar surface area (TPSA) is 22.2 Å². The molecule has 43 heavy (non-hydrogen) atoms. The van der Waals surface area contributed by atoms with Crippen LogP contribution in [-0.4, -0.2) is 15.5 Å². The van der Waals surface area contributed by atoms with E-state index in [0.29, 0.717) is 0 Å². The van der Waals surface area contributed by atoms with Crippen molar-refractivity contribution >= 4 is 55.6 Å². The normalized spacial score (nSPS) is 12.3. The van der Waals surface area contributed by atoms with E-state index in [1.165, 1.54) is 38.1 Å². The number of benzene rings is 6. The van der Waals surface area contributed by atoms with E-state index in [1.54, 1.807) is 0 Å². The Kier molecular flexibility index (Phi) is 6.20. The van der Waals surface area contributed by atoms with Gasteiger partial charge in [-0.25, -0.2) is 4.99 Å². The van der Waals surface area contributed by atoms with Gasteiger partial charge in [0.25, 0.3) is 0 Å². The summed E-state index contributed by atoms with van der Waals surface area (Å²) in [7, 11) is 0. The third-order valence-corrected chi connectivity index (χ3v) is 8.27. The van der Waals surface area contributed by atoms with Gasteiger partial charge in [-0.3, -0.25) is 4.57 Å². The molecule has 6 aromatic carbocycles. The van der Waals surface area contributed by atoms with Crippen molar-refractivity contribution < 1.29 is 0 Å². The van der Waals surface area contributed by atoms with Gasteiger partial charge in [-0.2, -0.15) is 0 Å². The Morgan fingerprint density at radius 3 is 1.79 bits per heavy atom. The zero-order valence-electron chi connectivity index (χ0n) is 23.6. The molecule has 0 unspecified atom stereocenters. The fraction of sp³-hybridized carbons (Fsp3) is 0.0250. The van der Waals surface area contributed by atoms with Crippen molar-refractivity contribution in [2.45, 2.75) is 6.42 Å². The van der Waals surface area contributed by atoms with Crippen LogP contribution < -0.4 is 0 Å². The summed E-state index contributed by atoms with van der Waals surface area (Å²) in [6, 6.07) is 53.6. The summed E-state index contributed by atoms with van der Waals surface area (Å²) in [4.78, 5) is 5.20. The molecule has 8 rings (SSSR count). The summed E-state index contributed by atoms with van der Waals surface area (Å²) < 4.78 is 4.68. The lowest BCUT2D eigenvalue weighted by Gasteiger charge is -2.10. The monoisotopic (exact) mass is 551 g/mol. The molecule has 0 bridgehead atoms. The minimum atomic E-state index is 0.808. The first-order valence-corrected chi connectivity index (χ1v) is 14.7. The average Bonchev–Trinajstić information content (AvgIpc) is 3.59. The lowest BCUT2D eigenvalue weighted by molar-refractivity contribution is 1.18. The first-order chi connectivity index (χ1) is 21.4. The maximum absolute atomic E-state index is 5.20. The highest BCUT2D eigenvalue weighted by Crippen LogP contribution is 2.39. The number of allylic oxidation sites excluding steroid dienone is 1. The second kappa shape index (κ2) is 10.6. The molecule has 2 aromatic heterocycles. The third kappa shape index (κ3) is 4.34. The number of fused-ring (bicyclic) bond motifs is 7. The Morgan fingerprint density at radius 2 is 1.07 bits per heavy atom.